The monoisotopic (exact) mass is 166 g/mol. The van der Waals surface area contributed by atoms with Gasteiger partial charge in [-0.2, -0.15) is 5.10 Å². The lowest BCUT2D eigenvalue weighted by atomic mass is 9.83. The van der Waals surface area contributed by atoms with Crippen LogP contribution in [-0.4, -0.2) is 28.3 Å². The molecule has 1 unspecified atom stereocenters. The van der Waals surface area contributed by atoms with Crippen LogP contribution in [0.5, 0.6) is 0 Å². The molecule has 1 saturated heterocycles. The summed E-state index contributed by atoms with van der Waals surface area (Å²) in [4.78, 5) is 4.23. The molecule has 1 aliphatic rings. The topological polar surface area (TPSA) is 53.6 Å². The van der Waals surface area contributed by atoms with Gasteiger partial charge in [-0.1, -0.05) is 6.92 Å². The second-order valence-corrected chi connectivity index (χ2v) is 3.39. The fraction of sp³-hybridized carbons (Fsp3) is 0.750. The molecule has 0 spiro atoms. The molecular formula is C8H14N4. The zero-order chi connectivity index (χ0) is 8.44. The molecule has 2 N–H and O–H groups in total. The van der Waals surface area contributed by atoms with E-state index in [1.165, 1.54) is 6.42 Å². The van der Waals surface area contributed by atoms with E-state index in [4.69, 9.17) is 0 Å². The highest BCUT2D eigenvalue weighted by atomic mass is 15.2. The van der Waals surface area contributed by atoms with E-state index in [-0.39, 0.29) is 5.41 Å². The number of nitrogens with one attached hydrogen (secondary N) is 2. The molecule has 4 heteroatoms. The van der Waals surface area contributed by atoms with Crippen molar-refractivity contribution in [3.8, 4) is 0 Å². The Hall–Kier alpha value is -0.900. The number of H-pyrrole nitrogens is 1. The second kappa shape index (κ2) is 2.86. The first-order valence-corrected chi connectivity index (χ1v) is 4.44. The standard InChI is InChI=1S/C8H14N4/c1-2-8(3-4-9-5-8)7-10-6-11-12-7/h6,9H,2-5H2,1H3,(H,10,11,12). The van der Waals surface area contributed by atoms with Crippen molar-refractivity contribution in [1.29, 1.82) is 0 Å². The SMILES string of the molecule is CCC1(c2ncn[nH]2)CCNC1. The molecule has 1 aromatic rings. The van der Waals surface area contributed by atoms with Crippen molar-refractivity contribution in [3.05, 3.63) is 12.2 Å². The maximum atomic E-state index is 4.23. The molecule has 1 fully saturated rings. The minimum Gasteiger partial charge on any atom is -0.316 e. The normalized spacial score (nSPS) is 29.4. The van der Waals surface area contributed by atoms with E-state index in [1.807, 2.05) is 0 Å². The van der Waals surface area contributed by atoms with Gasteiger partial charge >= 0.3 is 0 Å². The predicted octanol–water partition coefficient (Wildman–Crippen LogP) is 0.446. The van der Waals surface area contributed by atoms with Gasteiger partial charge in [0.15, 0.2) is 0 Å². The van der Waals surface area contributed by atoms with Gasteiger partial charge in [0.1, 0.15) is 12.2 Å². The van der Waals surface area contributed by atoms with Crippen molar-refractivity contribution >= 4 is 0 Å². The third-order valence-corrected chi connectivity index (χ3v) is 2.84. The smallest absolute Gasteiger partial charge is 0.137 e. The Morgan fingerprint density at radius 2 is 2.58 bits per heavy atom. The highest BCUT2D eigenvalue weighted by Crippen LogP contribution is 2.30. The van der Waals surface area contributed by atoms with Crippen LogP contribution < -0.4 is 5.32 Å². The number of hydrogen-bond donors (Lipinski definition) is 2. The summed E-state index contributed by atoms with van der Waals surface area (Å²) in [5.74, 6) is 1.04. The molecule has 0 bridgehead atoms. The summed E-state index contributed by atoms with van der Waals surface area (Å²) in [6.07, 6.45) is 3.87. The quantitative estimate of drug-likeness (QED) is 0.670. The Labute approximate surface area is 71.8 Å². The van der Waals surface area contributed by atoms with Crippen LogP contribution >= 0.6 is 0 Å². The van der Waals surface area contributed by atoms with Crippen molar-refractivity contribution in [2.45, 2.75) is 25.2 Å². The average Bonchev–Trinajstić information content (AvgIpc) is 2.76. The summed E-state index contributed by atoms with van der Waals surface area (Å²) < 4.78 is 0. The molecule has 0 saturated carbocycles. The van der Waals surface area contributed by atoms with E-state index in [0.29, 0.717) is 0 Å². The molecule has 0 amide bonds. The van der Waals surface area contributed by atoms with Crippen LogP contribution in [0, 0.1) is 0 Å². The average molecular weight is 166 g/mol. The third-order valence-electron chi connectivity index (χ3n) is 2.84. The molecule has 4 nitrogen and oxygen atoms in total. The lowest BCUT2D eigenvalue weighted by Crippen LogP contribution is -2.29. The van der Waals surface area contributed by atoms with Gasteiger partial charge in [0.25, 0.3) is 0 Å². The van der Waals surface area contributed by atoms with E-state index in [0.717, 1.165) is 25.3 Å². The van der Waals surface area contributed by atoms with E-state index in [1.54, 1.807) is 6.33 Å². The third kappa shape index (κ3) is 1.03. The van der Waals surface area contributed by atoms with Crippen LogP contribution in [0.1, 0.15) is 25.6 Å². The number of rotatable bonds is 2. The van der Waals surface area contributed by atoms with Gasteiger partial charge in [0.05, 0.1) is 0 Å². The molecule has 1 atom stereocenters. The fourth-order valence-electron chi connectivity index (χ4n) is 1.88. The lowest BCUT2D eigenvalue weighted by molar-refractivity contribution is 0.427. The van der Waals surface area contributed by atoms with Gasteiger partial charge in [-0.05, 0) is 19.4 Å². The molecule has 2 heterocycles. The molecule has 1 aliphatic heterocycles. The summed E-state index contributed by atoms with van der Waals surface area (Å²) in [6.45, 7) is 4.32. The van der Waals surface area contributed by atoms with Crippen LogP contribution in [0.4, 0.5) is 0 Å². The number of nitrogens with zero attached hydrogens (tertiary/aromatic N) is 2. The number of aromatic amines is 1. The molecule has 66 valence electrons. The Morgan fingerprint density at radius 3 is 3.08 bits per heavy atom. The van der Waals surface area contributed by atoms with Gasteiger partial charge in [-0.3, -0.25) is 5.10 Å². The molecule has 12 heavy (non-hydrogen) atoms. The summed E-state index contributed by atoms with van der Waals surface area (Å²) >= 11 is 0. The van der Waals surface area contributed by atoms with Gasteiger partial charge < -0.3 is 5.32 Å². The summed E-state index contributed by atoms with van der Waals surface area (Å²) in [5, 5.41) is 10.2. The summed E-state index contributed by atoms with van der Waals surface area (Å²) in [7, 11) is 0. The van der Waals surface area contributed by atoms with Gasteiger partial charge in [-0.25, -0.2) is 4.98 Å². The second-order valence-electron chi connectivity index (χ2n) is 3.39. The fourth-order valence-corrected chi connectivity index (χ4v) is 1.88. The highest BCUT2D eigenvalue weighted by Gasteiger charge is 2.36. The first-order valence-electron chi connectivity index (χ1n) is 4.44. The zero-order valence-corrected chi connectivity index (χ0v) is 7.30. The van der Waals surface area contributed by atoms with Crippen molar-refractivity contribution in [2.75, 3.05) is 13.1 Å². The van der Waals surface area contributed by atoms with Crippen molar-refractivity contribution in [3.63, 3.8) is 0 Å². The highest BCUT2D eigenvalue weighted by molar-refractivity contribution is 5.10. The van der Waals surface area contributed by atoms with Crippen LogP contribution in [0.2, 0.25) is 0 Å². The van der Waals surface area contributed by atoms with Gasteiger partial charge in [-0.15, -0.1) is 0 Å². The van der Waals surface area contributed by atoms with Gasteiger partial charge in [0, 0.05) is 12.0 Å². The van der Waals surface area contributed by atoms with Crippen LogP contribution in [0.25, 0.3) is 0 Å². The Balaban J connectivity index is 2.28. The minimum atomic E-state index is 0.219. The summed E-state index contributed by atoms with van der Waals surface area (Å²) in [5.41, 5.74) is 0.219. The van der Waals surface area contributed by atoms with E-state index >= 15 is 0 Å². The minimum absolute atomic E-state index is 0.219. The van der Waals surface area contributed by atoms with E-state index in [2.05, 4.69) is 27.4 Å². The van der Waals surface area contributed by atoms with Crippen molar-refractivity contribution < 1.29 is 0 Å². The Bertz CT molecular complexity index is 236. The largest absolute Gasteiger partial charge is 0.316 e. The van der Waals surface area contributed by atoms with Crippen molar-refractivity contribution in [2.24, 2.45) is 0 Å². The number of aromatic nitrogens is 3. The first-order chi connectivity index (χ1) is 5.87. The van der Waals surface area contributed by atoms with E-state index < -0.39 is 0 Å². The molecule has 0 aromatic carbocycles. The molecule has 1 aromatic heterocycles. The zero-order valence-electron chi connectivity index (χ0n) is 7.30. The van der Waals surface area contributed by atoms with Crippen LogP contribution in [0.3, 0.4) is 0 Å². The Kier molecular flexibility index (Phi) is 1.84. The van der Waals surface area contributed by atoms with Gasteiger partial charge in [0.2, 0.25) is 0 Å². The number of hydrogen-bond acceptors (Lipinski definition) is 3. The van der Waals surface area contributed by atoms with Crippen LogP contribution in [-0.2, 0) is 5.41 Å². The molecule has 0 radical (unpaired) electrons. The lowest BCUT2D eigenvalue weighted by Gasteiger charge is -2.22. The maximum Gasteiger partial charge on any atom is 0.137 e. The predicted molar refractivity (Wildman–Crippen MR) is 45.8 cm³/mol. The van der Waals surface area contributed by atoms with Crippen LogP contribution in [0.15, 0.2) is 6.33 Å². The molecule has 2 rings (SSSR count). The maximum absolute atomic E-state index is 4.23. The summed E-state index contributed by atoms with van der Waals surface area (Å²) in [6, 6.07) is 0. The molecular weight excluding hydrogens is 152 g/mol. The molecule has 0 aliphatic carbocycles. The first kappa shape index (κ1) is 7.73. The Morgan fingerprint density at radius 1 is 1.67 bits per heavy atom. The van der Waals surface area contributed by atoms with E-state index in [9.17, 15) is 0 Å². The van der Waals surface area contributed by atoms with Crippen molar-refractivity contribution in [1.82, 2.24) is 20.5 Å².